The summed E-state index contributed by atoms with van der Waals surface area (Å²) in [7, 11) is 0. The summed E-state index contributed by atoms with van der Waals surface area (Å²) in [6, 6.07) is 9.58. The Kier molecular flexibility index (Phi) is 3.78. The minimum absolute atomic E-state index is 0.342. The standard InChI is InChI=1S/C12H12N4OS/c1-9-11(16(17)8-13-15-9)7-12(18)14-10-5-3-2-4-6-10/h2-6,8H,7H2,1H3,(H,14,18). The Morgan fingerprint density at radius 3 is 2.78 bits per heavy atom. The molecule has 1 aromatic heterocycles. The van der Waals surface area contributed by atoms with E-state index in [9.17, 15) is 5.21 Å². The van der Waals surface area contributed by atoms with Crippen LogP contribution in [0.15, 0.2) is 36.7 Å². The number of nitrogens with one attached hydrogen (secondary N) is 1. The summed E-state index contributed by atoms with van der Waals surface area (Å²) in [4.78, 5) is 0.571. The van der Waals surface area contributed by atoms with Crippen LogP contribution in [0, 0.1) is 12.1 Å². The van der Waals surface area contributed by atoms with Crippen molar-refractivity contribution in [2.75, 3.05) is 5.32 Å². The molecule has 0 bridgehead atoms. The van der Waals surface area contributed by atoms with Crippen LogP contribution in [0.1, 0.15) is 11.4 Å². The fourth-order valence-electron chi connectivity index (χ4n) is 1.53. The predicted molar refractivity (Wildman–Crippen MR) is 72.1 cm³/mol. The first kappa shape index (κ1) is 12.4. The molecule has 18 heavy (non-hydrogen) atoms. The predicted octanol–water partition coefficient (Wildman–Crippen LogP) is 1.40. The second-order valence-corrected chi connectivity index (χ2v) is 4.27. The fraction of sp³-hybridized carbons (Fsp3) is 0.167. The number of para-hydroxylation sites is 1. The summed E-state index contributed by atoms with van der Waals surface area (Å²) in [5, 5.41) is 22.0. The maximum absolute atomic E-state index is 11.6. The molecule has 92 valence electrons. The SMILES string of the molecule is Cc1nnc[n+]([O-])c1CC(=S)Nc1ccccc1. The van der Waals surface area contributed by atoms with Gasteiger partial charge in [0.15, 0.2) is 0 Å². The van der Waals surface area contributed by atoms with Crippen molar-refractivity contribution in [1.29, 1.82) is 0 Å². The molecule has 1 N–H and O–H groups in total. The lowest BCUT2D eigenvalue weighted by atomic mass is 10.2. The van der Waals surface area contributed by atoms with Crippen molar-refractivity contribution in [3.05, 3.63) is 53.3 Å². The molecule has 2 aromatic rings. The van der Waals surface area contributed by atoms with Gasteiger partial charge in [0, 0.05) is 5.69 Å². The van der Waals surface area contributed by atoms with E-state index in [4.69, 9.17) is 12.2 Å². The number of benzene rings is 1. The van der Waals surface area contributed by atoms with Crippen molar-refractivity contribution in [1.82, 2.24) is 10.2 Å². The molecule has 0 aliphatic heterocycles. The number of anilines is 1. The van der Waals surface area contributed by atoms with Crippen molar-refractivity contribution in [3.63, 3.8) is 0 Å². The summed E-state index contributed by atoms with van der Waals surface area (Å²) < 4.78 is 0.696. The van der Waals surface area contributed by atoms with Gasteiger partial charge in [0.2, 0.25) is 0 Å². The Morgan fingerprint density at radius 1 is 1.39 bits per heavy atom. The van der Waals surface area contributed by atoms with Crippen molar-refractivity contribution in [2.24, 2.45) is 0 Å². The minimum atomic E-state index is 0.342. The third-order valence-electron chi connectivity index (χ3n) is 2.43. The summed E-state index contributed by atoms with van der Waals surface area (Å²) in [6.07, 6.45) is 1.47. The molecule has 0 fully saturated rings. The van der Waals surface area contributed by atoms with Gasteiger partial charge in [-0.15, -0.1) is 0 Å². The van der Waals surface area contributed by atoms with Gasteiger partial charge in [-0.05, 0) is 24.2 Å². The lowest BCUT2D eigenvalue weighted by molar-refractivity contribution is -0.617. The van der Waals surface area contributed by atoms with Crippen molar-refractivity contribution in [3.8, 4) is 0 Å². The minimum Gasteiger partial charge on any atom is -0.711 e. The molecule has 1 heterocycles. The number of aromatic nitrogens is 3. The summed E-state index contributed by atoms with van der Waals surface area (Å²) in [5.74, 6) is 0. The molecule has 6 heteroatoms. The maximum atomic E-state index is 11.6. The van der Waals surface area contributed by atoms with Crippen LogP contribution in [0.25, 0.3) is 0 Å². The van der Waals surface area contributed by atoms with Gasteiger partial charge in [-0.3, -0.25) is 0 Å². The van der Waals surface area contributed by atoms with Crippen molar-refractivity contribution >= 4 is 22.9 Å². The van der Waals surface area contributed by atoms with Crippen LogP contribution in [-0.4, -0.2) is 15.2 Å². The second-order valence-electron chi connectivity index (χ2n) is 3.78. The molecule has 0 saturated heterocycles. The topological polar surface area (TPSA) is 64.8 Å². The zero-order valence-corrected chi connectivity index (χ0v) is 10.6. The van der Waals surface area contributed by atoms with Gasteiger partial charge in [0.1, 0.15) is 11.4 Å². The van der Waals surface area contributed by atoms with Crippen LogP contribution < -0.4 is 10.0 Å². The van der Waals surface area contributed by atoms with E-state index < -0.39 is 0 Å². The highest BCUT2D eigenvalue weighted by Gasteiger charge is 2.11. The van der Waals surface area contributed by atoms with Crippen LogP contribution in [0.3, 0.4) is 0 Å². The van der Waals surface area contributed by atoms with E-state index in [2.05, 4.69) is 15.5 Å². The number of rotatable bonds is 3. The Labute approximate surface area is 110 Å². The van der Waals surface area contributed by atoms with Gasteiger partial charge in [0.25, 0.3) is 0 Å². The number of thiocarbonyl (C=S) groups is 1. The fourth-order valence-corrected chi connectivity index (χ4v) is 1.79. The Bertz CT molecular complexity index is 539. The molecular formula is C12H12N4OS. The van der Waals surface area contributed by atoms with Gasteiger partial charge in [-0.25, -0.2) is 4.73 Å². The smallest absolute Gasteiger partial charge is 0.317 e. The van der Waals surface area contributed by atoms with Gasteiger partial charge in [-0.1, -0.05) is 30.4 Å². The van der Waals surface area contributed by atoms with Gasteiger partial charge in [0.05, 0.1) is 16.5 Å². The van der Waals surface area contributed by atoms with Gasteiger partial charge in [-0.2, -0.15) is 0 Å². The lowest BCUT2D eigenvalue weighted by Crippen LogP contribution is -2.36. The number of aryl methyl sites for hydroxylation is 1. The third-order valence-corrected chi connectivity index (χ3v) is 2.68. The monoisotopic (exact) mass is 260 g/mol. The second kappa shape index (κ2) is 5.50. The third kappa shape index (κ3) is 2.98. The normalized spacial score (nSPS) is 10.1. The van der Waals surface area contributed by atoms with E-state index >= 15 is 0 Å². The highest BCUT2D eigenvalue weighted by molar-refractivity contribution is 7.80. The molecule has 1 aromatic carbocycles. The highest BCUT2D eigenvalue weighted by atomic mass is 32.1. The molecule has 0 aliphatic carbocycles. The Hall–Kier alpha value is -2.08. The highest BCUT2D eigenvalue weighted by Crippen LogP contribution is 2.07. The lowest BCUT2D eigenvalue weighted by Gasteiger charge is -2.11. The molecule has 0 unspecified atom stereocenters. The summed E-state index contributed by atoms with van der Waals surface area (Å²) in [5.41, 5.74) is 2.00. The molecule has 0 aliphatic rings. The van der Waals surface area contributed by atoms with E-state index in [-0.39, 0.29) is 0 Å². The molecule has 0 spiro atoms. The van der Waals surface area contributed by atoms with E-state index in [1.807, 2.05) is 30.3 Å². The molecule has 0 saturated carbocycles. The first-order valence-corrected chi connectivity index (χ1v) is 5.83. The zero-order valence-electron chi connectivity index (χ0n) is 9.83. The van der Waals surface area contributed by atoms with Crippen LogP contribution in [0.4, 0.5) is 5.69 Å². The number of hydrogen-bond donors (Lipinski definition) is 1. The summed E-state index contributed by atoms with van der Waals surface area (Å²) in [6.45, 7) is 1.74. The Balaban J connectivity index is 2.08. The average molecular weight is 260 g/mol. The molecule has 0 atom stereocenters. The van der Waals surface area contributed by atoms with Crippen LogP contribution in [0.2, 0.25) is 0 Å². The molecule has 0 amide bonds. The van der Waals surface area contributed by atoms with Crippen LogP contribution >= 0.6 is 12.2 Å². The summed E-state index contributed by atoms with van der Waals surface area (Å²) >= 11 is 5.23. The van der Waals surface area contributed by atoms with Gasteiger partial charge >= 0.3 is 6.33 Å². The molecule has 0 radical (unpaired) electrons. The number of nitrogens with zero attached hydrogens (tertiary/aromatic N) is 3. The Morgan fingerprint density at radius 2 is 2.11 bits per heavy atom. The first-order valence-electron chi connectivity index (χ1n) is 5.42. The molecule has 2 rings (SSSR count). The van der Waals surface area contributed by atoms with Crippen molar-refractivity contribution < 1.29 is 4.73 Å². The van der Waals surface area contributed by atoms with Crippen LogP contribution in [0.5, 0.6) is 0 Å². The molecular weight excluding hydrogens is 248 g/mol. The quantitative estimate of drug-likeness (QED) is 0.513. The van der Waals surface area contributed by atoms with E-state index in [1.54, 1.807) is 6.92 Å². The van der Waals surface area contributed by atoms with Gasteiger partial charge < -0.3 is 10.5 Å². The molecule has 5 nitrogen and oxygen atoms in total. The van der Waals surface area contributed by atoms with E-state index in [0.29, 0.717) is 27.5 Å². The van der Waals surface area contributed by atoms with E-state index in [0.717, 1.165) is 12.0 Å². The maximum Gasteiger partial charge on any atom is 0.317 e. The average Bonchev–Trinajstić information content (AvgIpc) is 2.35. The van der Waals surface area contributed by atoms with E-state index in [1.165, 1.54) is 0 Å². The van der Waals surface area contributed by atoms with Crippen molar-refractivity contribution in [2.45, 2.75) is 13.3 Å². The zero-order chi connectivity index (χ0) is 13.0. The number of hydrogen-bond acceptors (Lipinski definition) is 4. The largest absolute Gasteiger partial charge is 0.711 e. The first-order chi connectivity index (χ1) is 8.66. The van der Waals surface area contributed by atoms with Crippen LogP contribution in [-0.2, 0) is 6.42 Å².